The van der Waals surface area contributed by atoms with Crippen molar-refractivity contribution in [2.24, 2.45) is 0 Å². The number of pyridine rings is 1. The lowest BCUT2D eigenvalue weighted by atomic mass is 10.2. The molecular weight excluding hydrogens is 288 g/mol. The summed E-state index contributed by atoms with van der Waals surface area (Å²) in [5.74, 6) is -9.14. The van der Waals surface area contributed by atoms with Gasteiger partial charge in [-0.3, -0.25) is 5.41 Å². The third-order valence-electron chi connectivity index (χ3n) is 2.80. The Morgan fingerprint density at radius 2 is 1.84 bits per heavy atom. The molecule has 1 saturated heterocycles. The molecule has 0 radical (unpaired) electrons. The molecule has 0 atom stereocenters. The predicted molar refractivity (Wildman–Crippen MR) is 62.0 cm³/mol. The van der Waals surface area contributed by atoms with Crippen LogP contribution in [0, 0.1) is 5.41 Å². The SMILES string of the molecule is N=C(c1c(Cl)ccnc1N)N1CC(F)(F)C(F)(F)C1. The molecule has 0 amide bonds. The Morgan fingerprint density at radius 1 is 1.32 bits per heavy atom. The maximum Gasteiger partial charge on any atom is 0.329 e. The molecule has 4 nitrogen and oxygen atoms in total. The monoisotopic (exact) mass is 296 g/mol. The first kappa shape index (κ1) is 13.9. The Kier molecular flexibility index (Phi) is 3.08. The molecule has 1 fully saturated rings. The fourth-order valence-corrected chi connectivity index (χ4v) is 2.01. The number of hydrogen-bond acceptors (Lipinski definition) is 3. The second kappa shape index (κ2) is 4.22. The summed E-state index contributed by atoms with van der Waals surface area (Å²) < 4.78 is 52.3. The van der Waals surface area contributed by atoms with Gasteiger partial charge in [0.05, 0.1) is 23.7 Å². The van der Waals surface area contributed by atoms with Gasteiger partial charge in [-0.1, -0.05) is 11.6 Å². The molecule has 0 aromatic carbocycles. The highest BCUT2D eigenvalue weighted by atomic mass is 35.5. The van der Waals surface area contributed by atoms with Crippen LogP contribution in [0.1, 0.15) is 5.56 Å². The summed E-state index contributed by atoms with van der Waals surface area (Å²) in [7, 11) is 0. The van der Waals surface area contributed by atoms with Crippen molar-refractivity contribution < 1.29 is 17.6 Å². The van der Waals surface area contributed by atoms with E-state index in [2.05, 4.69) is 4.98 Å². The van der Waals surface area contributed by atoms with Gasteiger partial charge in [-0.2, -0.15) is 17.6 Å². The van der Waals surface area contributed by atoms with E-state index in [1.54, 1.807) is 0 Å². The summed E-state index contributed by atoms with van der Waals surface area (Å²) in [5.41, 5.74) is 5.36. The van der Waals surface area contributed by atoms with Crippen molar-refractivity contribution in [2.75, 3.05) is 18.8 Å². The Morgan fingerprint density at radius 3 is 2.32 bits per heavy atom. The Balaban J connectivity index is 2.33. The van der Waals surface area contributed by atoms with Crippen molar-refractivity contribution in [1.29, 1.82) is 5.41 Å². The second-order valence-electron chi connectivity index (χ2n) is 4.17. The van der Waals surface area contributed by atoms with Crippen LogP contribution < -0.4 is 5.73 Å². The van der Waals surface area contributed by atoms with Gasteiger partial charge < -0.3 is 10.6 Å². The first-order valence-electron chi connectivity index (χ1n) is 5.15. The maximum atomic E-state index is 13.1. The first-order valence-corrected chi connectivity index (χ1v) is 5.53. The van der Waals surface area contributed by atoms with Gasteiger partial charge >= 0.3 is 11.8 Å². The number of alkyl halides is 4. The molecule has 0 unspecified atom stereocenters. The number of nitrogen functional groups attached to an aromatic ring is 1. The molecule has 9 heteroatoms. The number of rotatable bonds is 1. The lowest BCUT2D eigenvalue weighted by Gasteiger charge is -2.19. The predicted octanol–water partition coefficient (Wildman–Crippen LogP) is 2.23. The van der Waals surface area contributed by atoms with Crippen LogP contribution in [-0.4, -0.2) is 40.7 Å². The molecule has 1 aromatic heterocycles. The van der Waals surface area contributed by atoms with Crippen LogP contribution in [0.15, 0.2) is 12.3 Å². The molecular formula is C10H9ClF4N4. The number of amidine groups is 1. The zero-order valence-corrected chi connectivity index (χ0v) is 10.2. The van der Waals surface area contributed by atoms with Crippen LogP contribution >= 0.6 is 11.6 Å². The minimum Gasteiger partial charge on any atom is -0.383 e. The van der Waals surface area contributed by atoms with Crippen molar-refractivity contribution in [2.45, 2.75) is 11.8 Å². The van der Waals surface area contributed by atoms with Crippen molar-refractivity contribution in [3.63, 3.8) is 0 Å². The van der Waals surface area contributed by atoms with E-state index >= 15 is 0 Å². The maximum absolute atomic E-state index is 13.1. The van der Waals surface area contributed by atoms with E-state index in [0.717, 1.165) is 0 Å². The highest BCUT2D eigenvalue weighted by Gasteiger charge is 2.63. The highest BCUT2D eigenvalue weighted by molar-refractivity contribution is 6.34. The molecule has 19 heavy (non-hydrogen) atoms. The normalized spacial score (nSPS) is 20.6. The van der Waals surface area contributed by atoms with Gasteiger partial charge in [0, 0.05) is 6.20 Å². The second-order valence-corrected chi connectivity index (χ2v) is 4.57. The number of likely N-dealkylation sites (tertiary alicyclic amines) is 1. The van der Waals surface area contributed by atoms with Crippen molar-refractivity contribution >= 4 is 23.3 Å². The fourth-order valence-electron chi connectivity index (χ4n) is 1.77. The average Bonchev–Trinajstić information content (AvgIpc) is 2.47. The number of halogens is 5. The number of nitrogens with zero attached hydrogens (tertiary/aromatic N) is 2. The number of nitrogens with one attached hydrogen (secondary N) is 1. The molecule has 1 aliphatic heterocycles. The molecule has 2 rings (SSSR count). The van der Waals surface area contributed by atoms with Gasteiger partial charge in [0.25, 0.3) is 0 Å². The quantitative estimate of drug-likeness (QED) is 0.474. The van der Waals surface area contributed by atoms with E-state index in [1.165, 1.54) is 12.3 Å². The van der Waals surface area contributed by atoms with Crippen LogP contribution in [0.5, 0.6) is 0 Å². The summed E-state index contributed by atoms with van der Waals surface area (Å²) in [6, 6.07) is 1.30. The first-order chi connectivity index (χ1) is 8.66. The van der Waals surface area contributed by atoms with Gasteiger partial charge in [-0.05, 0) is 6.07 Å². The lowest BCUT2D eigenvalue weighted by Crippen LogP contribution is -2.38. The van der Waals surface area contributed by atoms with E-state index in [0.29, 0.717) is 4.90 Å². The van der Waals surface area contributed by atoms with Gasteiger partial charge in [0.1, 0.15) is 11.7 Å². The number of aromatic nitrogens is 1. The zero-order valence-electron chi connectivity index (χ0n) is 9.43. The molecule has 1 aliphatic rings. The number of anilines is 1. The molecule has 0 spiro atoms. The lowest BCUT2D eigenvalue weighted by molar-refractivity contribution is -0.172. The van der Waals surface area contributed by atoms with Crippen LogP contribution in [0.2, 0.25) is 5.02 Å². The molecule has 104 valence electrons. The number of nitrogens with two attached hydrogens (primary N) is 1. The smallest absolute Gasteiger partial charge is 0.329 e. The average molecular weight is 297 g/mol. The van der Waals surface area contributed by atoms with Gasteiger partial charge in [0.2, 0.25) is 0 Å². The van der Waals surface area contributed by atoms with Crippen molar-refractivity contribution in [1.82, 2.24) is 9.88 Å². The van der Waals surface area contributed by atoms with Gasteiger partial charge in [0.15, 0.2) is 0 Å². The van der Waals surface area contributed by atoms with Crippen LogP contribution in [0.3, 0.4) is 0 Å². The highest BCUT2D eigenvalue weighted by Crippen LogP contribution is 2.41. The zero-order chi connectivity index (χ0) is 14.4. The summed E-state index contributed by atoms with van der Waals surface area (Å²) in [4.78, 5) is 4.20. The van der Waals surface area contributed by atoms with Gasteiger partial charge in [-0.25, -0.2) is 4.98 Å². The molecule has 0 aliphatic carbocycles. The van der Waals surface area contributed by atoms with E-state index in [-0.39, 0.29) is 16.4 Å². The minimum absolute atomic E-state index is 0.00367. The molecule has 2 heterocycles. The molecule has 0 bridgehead atoms. The molecule has 1 aromatic rings. The molecule has 3 N–H and O–H groups in total. The van der Waals surface area contributed by atoms with E-state index in [1.807, 2.05) is 0 Å². The van der Waals surface area contributed by atoms with Crippen LogP contribution in [0.4, 0.5) is 23.4 Å². The fraction of sp³-hybridized carbons (Fsp3) is 0.400. The van der Waals surface area contributed by atoms with E-state index < -0.39 is 30.8 Å². The number of hydrogen-bond donors (Lipinski definition) is 2. The Hall–Kier alpha value is -1.57. The van der Waals surface area contributed by atoms with Crippen LogP contribution in [-0.2, 0) is 0 Å². The van der Waals surface area contributed by atoms with Crippen LogP contribution in [0.25, 0.3) is 0 Å². The summed E-state index contributed by atoms with van der Waals surface area (Å²) in [6.07, 6.45) is 1.27. The molecule has 0 saturated carbocycles. The summed E-state index contributed by atoms with van der Waals surface area (Å²) in [6.45, 7) is -2.52. The Bertz CT molecular complexity index is 498. The Labute approximate surface area is 110 Å². The minimum atomic E-state index is -4.19. The third-order valence-corrected chi connectivity index (χ3v) is 3.11. The topological polar surface area (TPSA) is 66.0 Å². The van der Waals surface area contributed by atoms with Gasteiger partial charge in [-0.15, -0.1) is 0 Å². The standard InChI is InChI=1S/C10H9ClF4N4/c11-5-1-2-18-7(16)6(5)8(17)19-3-9(12,13)10(14,15)4-19/h1-2,17H,3-4H2,(H2,16,18). The largest absolute Gasteiger partial charge is 0.383 e. The van der Waals surface area contributed by atoms with E-state index in [9.17, 15) is 17.6 Å². The van der Waals surface area contributed by atoms with Crippen molar-refractivity contribution in [3.05, 3.63) is 22.8 Å². The summed E-state index contributed by atoms with van der Waals surface area (Å²) >= 11 is 5.78. The summed E-state index contributed by atoms with van der Waals surface area (Å²) in [5, 5.41) is 7.71. The van der Waals surface area contributed by atoms with Crippen molar-refractivity contribution in [3.8, 4) is 0 Å². The third kappa shape index (κ3) is 2.20. The van der Waals surface area contributed by atoms with E-state index in [4.69, 9.17) is 22.7 Å².